The lowest BCUT2D eigenvalue weighted by Gasteiger charge is -2.29. The molecule has 130 valence electrons. The summed E-state index contributed by atoms with van der Waals surface area (Å²) in [6, 6.07) is 7.26. The van der Waals surface area contributed by atoms with Crippen LogP contribution in [0.3, 0.4) is 0 Å². The number of methoxy groups -OCH3 is 1. The summed E-state index contributed by atoms with van der Waals surface area (Å²) in [5.74, 6) is -1.25. The number of hydrogen-bond acceptors (Lipinski definition) is 2. The summed E-state index contributed by atoms with van der Waals surface area (Å²) < 4.78 is 42.9. The van der Waals surface area contributed by atoms with Gasteiger partial charge in [-0.05, 0) is 62.3 Å². The smallest absolute Gasteiger partial charge is 0.391 e. The van der Waals surface area contributed by atoms with Gasteiger partial charge in [-0.15, -0.1) is 0 Å². The quantitative estimate of drug-likeness (QED) is 0.811. The van der Waals surface area contributed by atoms with Crippen molar-refractivity contribution < 1.29 is 22.7 Å². The maximum Gasteiger partial charge on any atom is 0.391 e. The normalized spacial score (nSPS) is 21.8. The lowest BCUT2D eigenvalue weighted by molar-refractivity contribution is -0.183. The van der Waals surface area contributed by atoms with Crippen LogP contribution in [0.1, 0.15) is 41.7 Å². The number of carbonyl (C=O) groups is 1. The van der Waals surface area contributed by atoms with Gasteiger partial charge < -0.3 is 9.72 Å². The molecule has 1 aromatic carbocycles. The van der Waals surface area contributed by atoms with E-state index in [9.17, 15) is 18.0 Å². The summed E-state index contributed by atoms with van der Waals surface area (Å²) in [5.41, 5.74) is 2.41. The monoisotopic (exact) mass is 339 g/mol. The Bertz CT molecular complexity index is 727. The number of benzene rings is 1. The fraction of sp³-hybridized carbons (Fsp3) is 0.500. The Morgan fingerprint density at radius 2 is 1.92 bits per heavy atom. The van der Waals surface area contributed by atoms with Crippen molar-refractivity contribution in [3.63, 3.8) is 0 Å². The predicted molar refractivity (Wildman–Crippen MR) is 84.8 cm³/mol. The lowest BCUT2D eigenvalue weighted by Crippen LogP contribution is -2.28. The Morgan fingerprint density at radius 1 is 1.21 bits per heavy atom. The second-order valence-electron chi connectivity index (χ2n) is 6.55. The van der Waals surface area contributed by atoms with Crippen LogP contribution >= 0.6 is 0 Å². The fourth-order valence-corrected chi connectivity index (χ4v) is 3.55. The van der Waals surface area contributed by atoms with Gasteiger partial charge in [0.25, 0.3) is 0 Å². The minimum absolute atomic E-state index is 0.223. The molecule has 1 aromatic heterocycles. The number of esters is 1. The molecule has 1 N–H and O–H groups in total. The van der Waals surface area contributed by atoms with Crippen molar-refractivity contribution in [1.82, 2.24) is 4.98 Å². The highest BCUT2D eigenvalue weighted by Gasteiger charge is 2.41. The van der Waals surface area contributed by atoms with Crippen LogP contribution in [0.25, 0.3) is 10.9 Å². The van der Waals surface area contributed by atoms with E-state index < -0.39 is 12.1 Å². The van der Waals surface area contributed by atoms with Crippen LogP contribution in [0, 0.1) is 11.8 Å². The standard InChI is InChI=1S/C18H20F3NO2/c1-24-17(23)12-4-7-16-13(9-12)10-15(22-16)8-11-2-5-14(6-3-11)18(19,20)21/h4,7,9-11,14,22H,2-3,5-6,8H2,1H3. The average molecular weight is 339 g/mol. The molecule has 0 amide bonds. The Morgan fingerprint density at radius 3 is 2.54 bits per heavy atom. The first-order valence-electron chi connectivity index (χ1n) is 8.13. The van der Waals surface area contributed by atoms with Gasteiger partial charge in [0, 0.05) is 16.6 Å². The molecule has 0 unspecified atom stereocenters. The zero-order valence-corrected chi connectivity index (χ0v) is 13.5. The molecule has 1 fully saturated rings. The molecule has 0 radical (unpaired) electrons. The maximum absolute atomic E-state index is 12.7. The van der Waals surface area contributed by atoms with Crippen LogP contribution in [0.5, 0.6) is 0 Å². The van der Waals surface area contributed by atoms with Crippen LogP contribution < -0.4 is 0 Å². The van der Waals surface area contributed by atoms with E-state index in [1.807, 2.05) is 12.1 Å². The van der Waals surface area contributed by atoms with Crippen LogP contribution in [0.15, 0.2) is 24.3 Å². The summed E-state index contributed by atoms with van der Waals surface area (Å²) in [4.78, 5) is 14.9. The minimum Gasteiger partial charge on any atom is -0.465 e. The molecule has 1 heterocycles. The van der Waals surface area contributed by atoms with E-state index in [0.717, 1.165) is 23.0 Å². The van der Waals surface area contributed by atoms with Crippen molar-refractivity contribution in [3.8, 4) is 0 Å². The highest BCUT2D eigenvalue weighted by molar-refractivity contribution is 5.94. The third-order valence-electron chi connectivity index (χ3n) is 4.92. The first-order chi connectivity index (χ1) is 11.4. The summed E-state index contributed by atoms with van der Waals surface area (Å²) >= 11 is 0. The second kappa shape index (κ2) is 6.49. The van der Waals surface area contributed by atoms with Crippen molar-refractivity contribution in [1.29, 1.82) is 0 Å². The Labute approximate surface area is 138 Å². The molecule has 6 heteroatoms. The van der Waals surface area contributed by atoms with E-state index >= 15 is 0 Å². The third-order valence-corrected chi connectivity index (χ3v) is 4.92. The van der Waals surface area contributed by atoms with Gasteiger partial charge in [0.1, 0.15) is 0 Å². The Kier molecular flexibility index (Phi) is 4.56. The molecule has 0 spiro atoms. The van der Waals surface area contributed by atoms with Crippen LogP contribution in [-0.4, -0.2) is 24.2 Å². The Hall–Kier alpha value is -1.98. The van der Waals surface area contributed by atoms with Crippen molar-refractivity contribution >= 4 is 16.9 Å². The molecule has 24 heavy (non-hydrogen) atoms. The number of aromatic nitrogens is 1. The van der Waals surface area contributed by atoms with E-state index in [2.05, 4.69) is 4.98 Å². The molecule has 3 rings (SSSR count). The van der Waals surface area contributed by atoms with Crippen molar-refractivity contribution in [2.75, 3.05) is 7.11 Å². The number of H-pyrrole nitrogens is 1. The molecule has 2 aromatic rings. The zero-order chi connectivity index (χ0) is 17.3. The molecule has 0 bridgehead atoms. The summed E-state index contributed by atoms with van der Waals surface area (Å²) in [5, 5.41) is 0.914. The molecule has 1 aliphatic carbocycles. The van der Waals surface area contributed by atoms with E-state index in [1.165, 1.54) is 7.11 Å². The molecular formula is C18H20F3NO2. The molecule has 1 saturated carbocycles. The van der Waals surface area contributed by atoms with E-state index in [0.29, 0.717) is 18.4 Å². The summed E-state index contributed by atoms with van der Waals surface area (Å²) in [6.45, 7) is 0. The summed E-state index contributed by atoms with van der Waals surface area (Å²) in [6.07, 6.45) is -1.66. The van der Waals surface area contributed by atoms with Crippen LogP contribution in [0.4, 0.5) is 13.2 Å². The number of rotatable bonds is 3. The largest absolute Gasteiger partial charge is 0.465 e. The topological polar surface area (TPSA) is 42.1 Å². The lowest BCUT2D eigenvalue weighted by atomic mass is 9.80. The van der Waals surface area contributed by atoms with Crippen molar-refractivity contribution in [2.24, 2.45) is 11.8 Å². The number of carbonyl (C=O) groups excluding carboxylic acids is 1. The fourth-order valence-electron chi connectivity index (χ4n) is 3.55. The Balaban J connectivity index is 1.67. The van der Waals surface area contributed by atoms with E-state index in [4.69, 9.17) is 4.74 Å². The van der Waals surface area contributed by atoms with Gasteiger partial charge in [-0.25, -0.2) is 4.79 Å². The highest BCUT2D eigenvalue weighted by Crippen LogP contribution is 2.40. The number of alkyl halides is 3. The number of halogens is 3. The van der Waals surface area contributed by atoms with Crippen molar-refractivity contribution in [3.05, 3.63) is 35.5 Å². The SMILES string of the molecule is COC(=O)c1ccc2[nH]c(CC3CCC(C(F)(F)F)CC3)cc2c1. The number of ether oxygens (including phenoxy) is 1. The number of aromatic amines is 1. The predicted octanol–water partition coefficient (Wildman–Crippen LogP) is 4.87. The minimum atomic E-state index is -4.06. The first-order valence-corrected chi connectivity index (χ1v) is 8.13. The molecule has 3 nitrogen and oxygen atoms in total. The molecular weight excluding hydrogens is 319 g/mol. The van der Waals surface area contributed by atoms with Gasteiger partial charge in [-0.3, -0.25) is 0 Å². The zero-order valence-electron chi connectivity index (χ0n) is 13.5. The molecule has 1 aliphatic rings. The van der Waals surface area contributed by atoms with Crippen LogP contribution in [-0.2, 0) is 11.2 Å². The highest BCUT2D eigenvalue weighted by atomic mass is 19.4. The van der Waals surface area contributed by atoms with Gasteiger partial charge in [-0.2, -0.15) is 13.2 Å². The number of nitrogens with one attached hydrogen (secondary N) is 1. The average Bonchev–Trinajstić information content (AvgIpc) is 2.95. The molecule has 0 aliphatic heterocycles. The number of fused-ring (bicyclic) bond motifs is 1. The van der Waals surface area contributed by atoms with Gasteiger partial charge in [0.2, 0.25) is 0 Å². The van der Waals surface area contributed by atoms with Crippen molar-refractivity contribution in [2.45, 2.75) is 38.3 Å². The first kappa shape index (κ1) is 16.9. The van der Waals surface area contributed by atoms with Gasteiger partial charge in [0.05, 0.1) is 18.6 Å². The van der Waals surface area contributed by atoms with Crippen LogP contribution in [0.2, 0.25) is 0 Å². The molecule has 0 atom stereocenters. The number of hydrogen-bond donors (Lipinski definition) is 1. The van der Waals surface area contributed by atoms with Gasteiger partial charge in [-0.1, -0.05) is 0 Å². The second-order valence-corrected chi connectivity index (χ2v) is 6.55. The van der Waals surface area contributed by atoms with Gasteiger partial charge in [0.15, 0.2) is 0 Å². The van der Waals surface area contributed by atoms with E-state index in [1.54, 1.807) is 12.1 Å². The summed E-state index contributed by atoms with van der Waals surface area (Å²) in [7, 11) is 1.34. The van der Waals surface area contributed by atoms with Gasteiger partial charge >= 0.3 is 12.1 Å². The van der Waals surface area contributed by atoms with E-state index in [-0.39, 0.29) is 24.7 Å². The third kappa shape index (κ3) is 3.57. The molecule has 0 saturated heterocycles. The maximum atomic E-state index is 12.7.